The summed E-state index contributed by atoms with van der Waals surface area (Å²) >= 11 is 0. The van der Waals surface area contributed by atoms with Crippen LogP contribution in [0.25, 0.3) is 11.1 Å². The van der Waals surface area contributed by atoms with Crippen molar-refractivity contribution in [3.63, 3.8) is 0 Å². The number of benzene rings is 2. The van der Waals surface area contributed by atoms with E-state index < -0.39 is 11.7 Å². The quantitative estimate of drug-likeness (QED) is 0.305. The average Bonchev–Trinajstić information content (AvgIpc) is 3.48. The van der Waals surface area contributed by atoms with Crippen molar-refractivity contribution in [2.24, 2.45) is 5.92 Å². The number of ether oxygens (including phenoxy) is 1. The number of halogens is 1. The van der Waals surface area contributed by atoms with E-state index in [2.05, 4.69) is 17.0 Å². The molecule has 38 heavy (non-hydrogen) atoms. The van der Waals surface area contributed by atoms with Gasteiger partial charge in [-0.15, -0.1) is 0 Å². The van der Waals surface area contributed by atoms with E-state index in [-0.39, 0.29) is 17.6 Å². The van der Waals surface area contributed by atoms with E-state index in [0.717, 1.165) is 49.7 Å². The molecule has 0 bridgehead atoms. The van der Waals surface area contributed by atoms with Gasteiger partial charge in [-0.2, -0.15) is 0 Å². The lowest BCUT2D eigenvalue weighted by Crippen LogP contribution is -2.33. The molecule has 2 aromatic carbocycles. The maximum Gasteiger partial charge on any atom is 0.406 e. The molecule has 0 heterocycles. The lowest BCUT2D eigenvalue weighted by Gasteiger charge is -2.32. The molecule has 1 unspecified atom stereocenters. The first-order chi connectivity index (χ1) is 18.3. The summed E-state index contributed by atoms with van der Waals surface area (Å²) in [6.45, 7) is 3.02. The third-order valence-corrected chi connectivity index (χ3v) is 7.78. The van der Waals surface area contributed by atoms with Crippen LogP contribution in [-0.4, -0.2) is 49.3 Å². The summed E-state index contributed by atoms with van der Waals surface area (Å²) in [6.07, 6.45) is 7.18. The number of aliphatic hydroxyl groups is 1. The summed E-state index contributed by atoms with van der Waals surface area (Å²) < 4.78 is 20.0. The van der Waals surface area contributed by atoms with Crippen LogP contribution in [0, 0.1) is 11.7 Å². The second-order valence-corrected chi connectivity index (χ2v) is 10.5. The molecule has 2 aromatic rings. The average molecular weight is 527 g/mol. The Morgan fingerprint density at radius 2 is 1.82 bits per heavy atom. The maximum atomic E-state index is 15.3. The van der Waals surface area contributed by atoms with E-state index in [1.54, 1.807) is 12.1 Å². The number of rotatable bonds is 13. The van der Waals surface area contributed by atoms with Gasteiger partial charge in [0.1, 0.15) is 5.82 Å². The minimum Gasteiger partial charge on any atom is -0.453 e. The van der Waals surface area contributed by atoms with Crippen LogP contribution in [0.1, 0.15) is 75.8 Å². The predicted molar refractivity (Wildman–Crippen MR) is 148 cm³/mol. The molecule has 0 aliphatic heterocycles. The highest BCUT2D eigenvalue weighted by molar-refractivity contribution is 5.78. The summed E-state index contributed by atoms with van der Waals surface area (Å²) in [5.41, 5.74) is 1.51. The van der Waals surface area contributed by atoms with E-state index in [4.69, 9.17) is 0 Å². The van der Waals surface area contributed by atoms with Crippen molar-refractivity contribution in [1.82, 2.24) is 10.2 Å². The number of hydrogen-bond donors (Lipinski definition) is 2. The summed E-state index contributed by atoms with van der Waals surface area (Å²) in [4.78, 5) is 26.0. The van der Waals surface area contributed by atoms with E-state index >= 15 is 4.39 Å². The Morgan fingerprint density at radius 3 is 2.53 bits per heavy atom. The monoisotopic (exact) mass is 526 g/mol. The Morgan fingerprint density at radius 1 is 1.11 bits per heavy atom. The molecule has 1 aliphatic rings. The van der Waals surface area contributed by atoms with Crippen LogP contribution in [-0.2, 0) is 21.6 Å². The number of methoxy groups -OCH3 is 1. The van der Waals surface area contributed by atoms with Crippen LogP contribution >= 0.6 is 0 Å². The fourth-order valence-electron chi connectivity index (χ4n) is 5.55. The summed E-state index contributed by atoms with van der Waals surface area (Å²) in [5, 5.41) is 14.7. The van der Waals surface area contributed by atoms with Crippen molar-refractivity contribution in [2.45, 2.75) is 76.7 Å². The van der Waals surface area contributed by atoms with Gasteiger partial charge < -0.3 is 20.1 Å². The SMILES string of the molecule is CCc1cccc(-c2c(F)cccc2C(O)(CCCCN(C)C(=O)C2CCCC2)CCCNC(=O)OC)c1. The van der Waals surface area contributed by atoms with Crippen LogP contribution in [0.2, 0.25) is 0 Å². The van der Waals surface area contributed by atoms with Gasteiger partial charge >= 0.3 is 6.09 Å². The van der Waals surface area contributed by atoms with Gasteiger partial charge in [0.05, 0.1) is 12.7 Å². The zero-order valence-electron chi connectivity index (χ0n) is 23.1. The molecular formula is C31H43FN2O4. The highest BCUT2D eigenvalue weighted by Gasteiger charge is 2.33. The zero-order chi connectivity index (χ0) is 27.5. The van der Waals surface area contributed by atoms with Crippen molar-refractivity contribution in [3.8, 4) is 11.1 Å². The van der Waals surface area contributed by atoms with Crippen LogP contribution in [0.15, 0.2) is 42.5 Å². The normalized spacial score (nSPS) is 15.2. The van der Waals surface area contributed by atoms with E-state index in [0.29, 0.717) is 49.9 Å². The molecule has 0 saturated heterocycles. The topological polar surface area (TPSA) is 78.9 Å². The lowest BCUT2D eigenvalue weighted by atomic mass is 9.80. The maximum absolute atomic E-state index is 15.3. The molecule has 1 saturated carbocycles. The Bertz CT molecular complexity index is 1070. The molecule has 0 aromatic heterocycles. The number of carbonyl (C=O) groups excluding carboxylic acids is 2. The number of nitrogens with zero attached hydrogens (tertiary/aromatic N) is 1. The zero-order valence-corrected chi connectivity index (χ0v) is 23.1. The molecule has 6 nitrogen and oxygen atoms in total. The van der Waals surface area contributed by atoms with Gasteiger partial charge in [0.25, 0.3) is 0 Å². The first-order valence-electron chi connectivity index (χ1n) is 14.0. The van der Waals surface area contributed by atoms with Crippen molar-refractivity contribution < 1.29 is 23.8 Å². The summed E-state index contributed by atoms with van der Waals surface area (Å²) in [6, 6.07) is 12.7. The molecule has 3 rings (SSSR count). The van der Waals surface area contributed by atoms with Crippen LogP contribution in [0.4, 0.5) is 9.18 Å². The first-order valence-corrected chi connectivity index (χ1v) is 14.0. The van der Waals surface area contributed by atoms with Crippen LogP contribution in [0.5, 0.6) is 0 Å². The minimum atomic E-state index is -1.30. The number of unbranched alkanes of at least 4 members (excludes halogenated alkanes) is 1. The molecule has 2 N–H and O–H groups in total. The van der Waals surface area contributed by atoms with Gasteiger partial charge in [-0.3, -0.25) is 4.79 Å². The van der Waals surface area contributed by atoms with E-state index in [9.17, 15) is 14.7 Å². The number of amides is 2. The van der Waals surface area contributed by atoms with Crippen molar-refractivity contribution in [1.29, 1.82) is 0 Å². The molecule has 0 radical (unpaired) electrons. The predicted octanol–water partition coefficient (Wildman–Crippen LogP) is 6.20. The van der Waals surface area contributed by atoms with Gasteiger partial charge in [0.15, 0.2) is 0 Å². The van der Waals surface area contributed by atoms with Gasteiger partial charge in [0.2, 0.25) is 5.91 Å². The molecule has 2 amide bonds. The number of carbonyl (C=O) groups is 2. The second-order valence-electron chi connectivity index (χ2n) is 10.5. The second kappa shape index (κ2) is 14.3. The first kappa shape index (κ1) is 29.6. The van der Waals surface area contributed by atoms with E-state index in [1.165, 1.54) is 13.2 Å². The Balaban J connectivity index is 1.78. The number of alkyl carbamates (subject to hydrolysis) is 1. The fourth-order valence-corrected chi connectivity index (χ4v) is 5.55. The Hall–Kier alpha value is -2.93. The molecule has 7 heteroatoms. The third-order valence-electron chi connectivity index (χ3n) is 7.78. The van der Waals surface area contributed by atoms with Gasteiger partial charge in [-0.05, 0) is 74.1 Å². The van der Waals surface area contributed by atoms with Crippen molar-refractivity contribution in [2.75, 3.05) is 27.2 Å². The Labute approximate surface area is 226 Å². The highest BCUT2D eigenvalue weighted by atomic mass is 19.1. The van der Waals surface area contributed by atoms with Gasteiger partial charge in [0, 0.05) is 31.6 Å². The highest BCUT2D eigenvalue weighted by Crippen LogP contribution is 2.40. The number of nitrogens with one attached hydrogen (secondary N) is 1. The lowest BCUT2D eigenvalue weighted by molar-refractivity contribution is -0.134. The smallest absolute Gasteiger partial charge is 0.406 e. The minimum absolute atomic E-state index is 0.146. The van der Waals surface area contributed by atoms with E-state index in [1.807, 2.05) is 36.2 Å². The standard InChI is InChI=1S/C31H43FN2O4/c1-4-23-12-9-15-25(22-23)28-26(16-10-17-27(28)32)31(37,19-11-20-33-30(36)38-3)18-7-8-21-34(2)29(35)24-13-5-6-14-24/h9-10,12,15-17,22,24,37H,4-8,11,13-14,18-21H2,1-3H3,(H,33,36). The largest absolute Gasteiger partial charge is 0.453 e. The van der Waals surface area contributed by atoms with Crippen LogP contribution < -0.4 is 5.32 Å². The molecule has 208 valence electrons. The van der Waals surface area contributed by atoms with Crippen LogP contribution in [0.3, 0.4) is 0 Å². The number of hydrogen-bond acceptors (Lipinski definition) is 4. The fraction of sp³-hybridized carbons (Fsp3) is 0.548. The van der Waals surface area contributed by atoms with Crippen molar-refractivity contribution in [3.05, 3.63) is 59.4 Å². The molecule has 1 aliphatic carbocycles. The third kappa shape index (κ3) is 7.79. The Kier molecular flexibility index (Phi) is 11.1. The summed E-state index contributed by atoms with van der Waals surface area (Å²) in [7, 11) is 3.17. The van der Waals surface area contributed by atoms with Gasteiger partial charge in [-0.1, -0.05) is 56.2 Å². The van der Waals surface area contributed by atoms with Gasteiger partial charge in [-0.25, -0.2) is 9.18 Å². The number of aryl methyl sites for hydroxylation is 1. The summed E-state index contributed by atoms with van der Waals surface area (Å²) in [5.74, 6) is -0.00777. The van der Waals surface area contributed by atoms with Crippen molar-refractivity contribution >= 4 is 12.0 Å². The molecule has 1 fully saturated rings. The molecular weight excluding hydrogens is 483 g/mol. The molecule has 0 spiro atoms. The molecule has 1 atom stereocenters.